The summed E-state index contributed by atoms with van der Waals surface area (Å²) in [7, 11) is 3.04. The molecule has 3 aromatic carbocycles. The van der Waals surface area contributed by atoms with Crippen molar-refractivity contribution in [3.63, 3.8) is 0 Å². The Morgan fingerprint density at radius 2 is 1.68 bits per heavy atom. The number of ether oxygens (including phenoxy) is 3. The Bertz CT molecular complexity index is 1500. The molecule has 0 spiro atoms. The SMILES string of the molecule is COc1cc(C=Nn2c(C(C)(C)C)nc3ccc(Br)cc3c2=O)cc(OC)c1OCc1ccc(F)cc1. The van der Waals surface area contributed by atoms with Crippen molar-refractivity contribution in [1.29, 1.82) is 0 Å². The van der Waals surface area contributed by atoms with Crippen LogP contribution in [0.3, 0.4) is 0 Å². The smallest absolute Gasteiger partial charge is 0.282 e. The number of methoxy groups -OCH3 is 2. The first kappa shape index (κ1) is 26.3. The normalized spacial score (nSPS) is 11.8. The second-order valence-corrected chi connectivity index (χ2v) is 10.3. The molecule has 0 unspecified atom stereocenters. The molecular formula is C28H27BrFN3O4. The summed E-state index contributed by atoms with van der Waals surface area (Å²) in [4.78, 5) is 18.1. The molecule has 0 aliphatic carbocycles. The highest BCUT2D eigenvalue weighted by molar-refractivity contribution is 9.10. The summed E-state index contributed by atoms with van der Waals surface area (Å²) in [6.07, 6.45) is 1.55. The van der Waals surface area contributed by atoms with E-state index in [1.165, 1.54) is 31.0 Å². The fourth-order valence-corrected chi connectivity index (χ4v) is 4.08. The second kappa shape index (κ2) is 10.7. The van der Waals surface area contributed by atoms with E-state index in [1.807, 2.05) is 32.9 Å². The van der Waals surface area contributed by atoms with Crippen LogP contribution in [0, 0.1) is 5.82 Å². The average Bonchev–Trinajstić information content (AvgIpc) is 2.87. The molecule has 0 bridgehead atoms. The molecule has 1 aromatic heterocycles. The Balaban J connectivity index is 1.74. The molecule has 192 valence electrons. The second-order valence-electron chi connectivity index (χ2n) is 9.38. The molecule has 4 rings (SSSR count). The van der Waals surface area contributed by atoms with E-state index in [-0.39, 0.29) is 18.0 Å². The maximum absolute atomic E-state index is 13.4. The standard InChI is InChI=1S/C28H27BrFN3O4/c1-28(2,3)27-32-22-11-8-19(29)14-21(22)26(34)33(27)31-15-18-12-23(35-4)25(24(13-18)36-5)37-16-17-6-9-20(30)10-7-17/h6-15H,16H2,1-5H3. The third kappa shape index (κ3) is 5.83. The minimum Gasteiger partial charge on any atom is -0.493 e. The van der Waals surface area contributed by atoms with Gasteiger partial charge in [-0.1, -0.05) is 48.8 Å². The number of hydrogen-bond acceptors (Lipinski definition) is 6. The van der Waals surface area contributed by atoms with Gasteiger partial charge in [0, 0.05) is 15.5 Å². The number of benzene rings is 3. The summed E-state index contributed by atoms with van der Waals surface area (Å²) in [6.45, 7) is 6.13. The van der Waals surface area contributed by atoms with Gasteiger partial charge in [0.2, 0.25) is 5.75 Å². The van der Waals surface area contributed by atoms with Crippen LogP contribution in [-0.4, -0.2) is 30.1 Å². The zero-order valence-electron chi connectivity index (χ0n) is 21.2. The maximum Gasteiger partial charge on any atom is 0.282 e. The van der Waals surface area contributed by atoms with E-state index in [9.17, 15) is 9.18 Å². The Labute approximate surface area is 222 Å². The summed E-state index contributed by atoms with van der Waals surface area (Å²) >= 11 is 3.42. The van der Waals surface area contributed by atoms with Crippen LogP contribution in [0.2, 0.25) is 0 Å². The summed E-state index contributed by atoms with van der Waals surface area (Å²) in [6, 6.07) is 14.9. The lowest BCUT2D eigenvalue weighted by atomic mass is 9.95. The molecule has 0 fully saturated rings. The fourth-order valence-electron chi connectivity index (χ4n) is 3.72. The molecule has 37 heavy (non-hydrogen) atoms. The average molecular weight is 568 g/mol. The Morgan fingerprint density at radius 1 is 1.03 bits per heavy atom. The van der Waals surface area contributed by atoms with Crippen molar-refractivity contribution in [2.75, 3.05) is 14.2 Å². The molecular weight excluding hydrogens is 541 g/mol. The third-order valence-electron chi connectivity index (χ3n) is 5.58. The number of hydrogen-bond donors (Lipinski definition) is 0. The molecule has 4 aromatic rings. The van der Waals surface area contributed by atoms with E-state index in [2.05, 4.69) is 21.0 Å². The minimum absolute atomic E-state index is 0.198. The van der Waals surface area contributed by atoms with E-state index < -0.39 is 5.41 Å². The van der Waals surface area contributed by atoms with Gasteiger partial charge >= 0.3 is 0 Å². The van der Waals surface area contributed by atoms with Gasteiger partial charge in [-0.05, 0) is 48.0 Å². The molecule has 0 radical (unpaired) electrons. The summed E-state index contributed by atoms with van der Waals surface area (Å²) in [5, 5.41) is 4.98. The first-order valence-electron chi connectivity index (χ1n) is 11.5. The molecule has 0 saturated carbocycles. The van der Waals surface area contributed by atoms with Crippen LogP contribution in [0.5, 0.6) is 17.2 Å². The molecule has 0 amide bonds. The van der Waals surface area contributed by atoms with Crippen LogP contribution in [0.4, 0.5) is 4.39 Å². The largest absolute Gasteiger partial charge is 0.493 e. The van der Waals surface area contributed by atoms with Gasteiger partial charge in [-0.3, -0.25) is 4.79 Å². The Hall–Kier alpha value is -3.72. The summed E-state index contributed by atoms with van der Waals surface area (Å²) in [5.41, 5.74) is 1.32. The van der Waals surface area contributed by atoms with Crippen molar-refractivity contribution in [1.82, 2.24) is 9.66 Å². The number of aromatic nitrogens is 2. The Morgan fingerprint density at radius 3 is 2.27 bits per heavy atom. The van der Waals surface area contributed by atoms with E-state index in [0.29, 0.717) is 39.5 Å². The molecule has 9 heteroatoms. The van der Waals surface area contributed by atoms with Gasteiger partial charge in [0.25, 0.3) is 5.56 Å². The van der Waals surface area contributed by atoms with Crippen molar-refractivity contribution < 1.29 is 18.6 Å². The third-order valence-corrected chi connectivity index (χ3v) is 6.07. The van der Waals surface area contributed by atoms with Crippen molar-refractivity contribution in [3.05, 3.63) is 92.2 Å². The van der Waals surface area contributed by atoms with Gasteiger partial charge < -0.3 is 14.2 Å². The Kier molecular flexibility index (Phi) is 7.63. The van der Waals surface area contributed by atoms with Gasteiger partial charge in [0.15, 0.2) is 11.5 Å². The molecule has 0 saturated heterocycles. The highest BCUT2D eigenvalue weighted by atomic mass is 79.9. The first-order valence-corrected chi connectivity index (χ1v) is 12.3. The molecule has 1 heterocycles. The number of fused-ring (bicyclic) bond motifs is 1. The van der Waals surface area contributed by atoms with Crippen molar-refractivity contribution in [2.45, 2.75) is 32.8 Å². The van der Waals surface area contributed by atoms with Crippen LogP contribution in [-0.2, 0) is 12.0 Å². The van der Waals surface area contributed by atoms with Gasteiger partial charge in [0.1, 0.15) is 18.2 Å². The van der Waals surface area contributed by atoms with Gasteiger partial charge in [-0.15, -0.1) is 0 Å². The van der Waals surface area contributed by atoms with E-state index in [0.717, 1.165) is 10.0 Å². The van der Waals surface area contributed by atoms with Crippen LogP contribution in [0.15, 0.2) is 69.0 Å². The topological polar surface area (TPSA) is 74.9 Å². The van der Waals surface area contributed by atoms with E-state index >= 15 is 0 Å². The van der Waals surface area contributed by atoms with E-state index in [4.69, 9.17) is 19.2 Å². The van der Waals surface area contributed by atoms with Crippen molar-refractivity contribution in [2.24, 2.45) is 5.10 Å². The molecule has 0 atom stereocenters. The minimum atomic E-state index is -0.439. The molecule has 0 aliphatic heterocycles. The number of nitrogens with zero attached hydrogens (tertiary/aromatic N) is 3. The summed E-state index contributed by atoms with van der Waals surface area (Å²) < 4.78 is 32.4. The van der Waals surface area contributed by atoms with Crippen LogP contribution >= 0.6 is 15.9 Å². The van der Waals surface area contributed by atoms with Gasteiger partial charge in [-0.2, -0.15) is 9.78 Å². The molecule has 7 nitrogen and oxygen atoms in total. The lowest BCUT2D eigenvalue weighted by Gasteiger charge is -2.21. The lowest BCUT2D eigenvalue weighted by Crippen LogP contribution is -2.29. The lowest BCUT2D eigenvalue weighted by molar-refractivity contribution is 0.266. The highest BCUT2D eigenvalue weighted by Gasteiger charge is 2.23. The van der Waals surface area contributed by atoms with Gasteiger partial charge in [0.05, 0.1) is 31.3 Å². The van der Waals surface area contributed by atoms with Crippen LogP contribution in [0.1, 0.15) is 37.7 Å². The number of rotatable bonds is 7. The molecule has 0 N–H and O–H groups in total. The quantitative estimate of drug-likeness (QED) is 0.253. The summed E-state index contributed by atoms with van der Waals surface area (Å²) in [5.74, 6) is 1.46. The van der Waals surface area contributed by atoms with E-state index in [1.54, 1.807) is 36.5 Å². The van der Waals surface area contributed by atoms with Crippen molar-refractivity contribution in [3.8, 4) is 17.2 Å². The predicted octanol–water partition coefficient (Wildman–Crippen LogP) is 6.07. The zero-order chi connectivity index (χ0) is 26.7. The maximum atomic E-state index is 13.4. The van der Waals surface area contributed by atoms with Crippen LogP contribution in [0.25, 0.3) is 10.9 Å². The van der Waals surface area contributed by atoms with Crippen molar-refractivity contribution >= 4 is 33.0 Å². The first-order chi connectivity index (χ1) is 17.6. The van der Waals surface area contributed by atoms with Crippen LogP contribution < -0.4 is 19.8 Å². The predicted molar refractivity (Wildman–Crippen MR) is 146 cm³/mol. The fraction of sp³-hybridized carbons (Fsp3) is 0.250. The van der Waals surface area contributed by atoms with Gasteiger partial charge in [-0.25, -0.2) is 9.37 Å². The monoisotopic (exact) mass is 567 g/mol. The zero-order valence-corrected chi connectivity index (χ0v) is 22.8. The highest BCUT2D eigenvalue weighted by Crippen LogP contribution is 2.38. The number of halogens is 2. The molecule has 0 aliphatic rings.